The number of carbonyl (C=O) groups excluding carboxylic acids is 1. The number of hydrogen-bond donors (Lipinski definition) is 1. The van der Waals surface area contributed by atoms with Crippen LogP contribution in [0.4, 0.5) is 0 Å². The third kappa shape index (κ3) is 3.81. The molecule has 4 aromatic rings. The molecule has 0 fully saturated rings. The zero-order valence-corrected chi connectivity index (χ0v) is 15.3. The highest BCUT2D eigenvalue weighted by Gasteiger charge is 2.10. The molecule has 29 heavy (non-hydrogen) atoms. The van der Waals surface area contributed by atoms with Crippen molar-refractivity contribution in [2.45, 2.75) is 13.1 Å². The molecule has 2 aromatic carbocycles. The Balaban J connectivity index is 1.38. The van der Waals surface area contributed by atoms with Gasteiger partial charge in [-0.05, 0) is 34.7 Å². The van der Waals surface area contributed by atoms with Gasteiger partial charge in [0.05, 0.1) is 29.5 Å². The highest BCUT2D eigenvalue weighted by Crippen LogP contribution is 2.04. The zero-order valence-electron chi connectivity index (χ0n) is 15.3. The molecule has 0 saturated carbocycles. The van der Waals surface area contributed by atoms with Crippen molar-refractivity contribution in [3.63, 3.8) is 0 Å². The standard InChI is InChI=1S/C19H17N7O3/c27-17(12-24-13-21-16-9-5-4-8-15(16)18(24)28)20-10-11-25-19(29)26(23-22-25)14-6-2-1-3-7-14/h1-9,13H,10-12H2,(H,20,27). The number of fused-ring (bicyclic) bond motifs is 1. The van der Waals surface area contributed by atoms with Gasteiger partial charge >= 0.3 is 5.69 Å². The first-order valence-electron chi connectivity index (χ1n) is 8.92. The van der Waals surface area contributed by atoms with E-state index in [1.54, 1.807) is 48.5 Å². The summed E-state index contributed by atoms with van der Waals surface area (Å²) < 4.78 is 3.59. The van der Waals surface area contributed by atoms with E-state index in [-0.39, 0.29) is 31.1 Å². The van der Waals surface area contributed by atoms with Gasteiger partial charge in [-0.25, -0.2) is 9.78 Å². The minimum atomic E-state index is -0.402. The van der Waals surface area contributed by atoms with Crippen LogP contribution in [0.3, 0.4) is 0 Å². The van der Waals surface area contributed by atoms with E-state index in [2.05, 4.69) is 20.7 Å². The summed E-state index contributed by atoms with van der Waals surface area (Å²) in [7, 11) is 0. The summed E-state index contributed by atoms with van der Waals surface area (Å²) in [6.07, 6.45) is 1.35. The lowest BCUT2D eigenvalue weighted by molar-refractivity contribution is -0.121. The van der Waals surface area contributed by atoms with E-state index in [1.807, 2.05) is 6.07 Å². The van der Waals surface area contributed by atoms with E-state index in [9.17, 15) is 14.4 Å². The minimum absolute atomic E-state index is 0.155. The Hall–Kier alpha value is -4.08. The number of benzene rings is 2. The lowest BCUT2D eigenvalue weighted by Gasteiger charge is -2.07. The summed E-state index contributed by atoms with van der Waals surface area (Å²) in [5.41, 5.74) is 0.499. The van der Waals surface area contributed by atoms with E-state index in [1.165, 1.54) is 15.6 Å². The number of hydrogen-bond acceptors (Lipinski definition) is 6. The molecule has 2 heterocycles. The molecule has 0 bridgehead atoms. The number of nitrogens with one attached hydrogen (secondary N) is 1. The Bertz CT molecular complexity index is 1270. The minimum Gasteiger partial charge on any atom is -0.353 e. The predicted molar refractivity (Wildman–Crippen MR) is 105 cm³/mol. The summed E-state index contributed by atoms with van der Waals surface area (Å²) >= 11 is 0. The number of aromatic nitrogens is 6. The van der Waals surface area contributed by atoms with Gasteiger partial charge in [0, 0.05) is 6.54 Å². The molecule has 146 valence electrons. The Labute approximate surface area is 164 Å². The molecule has 10 heteroatoms. The van der Waals surface area contributed by atoms with Crippen molar-refractivity contribution in [2.24, 2.45) is 0 Å². The monoisotopic (exact) mass is 391 g/mol. The maximum absolute atomic E-state index is 12.4. The highest BCUT2D eigenvalue weighted by atomic mass is 16.2. The fourth-order valence-electron chi connectivity index (χ4n) is 2.88. The molecular formula is C19H17N7O3. The van der Waals surface area contributed by atoms with Gasteiger partial charge in [-0.15, -0.1) is 0 Å². The summed E-state index contributed by atoms with van der Waals surface area (Å²) in [4.78, 5) is 41.1. The van der Waals surface area contributed by atoms with Crippen molar-refractivity contribution in [3.05, 3.63) is 81.8 Å². The van der Waals surface area contributed by atoms with Crippen LogP contribution in [0.1, 0.15) is 0 Å². The number of amides is 1. The van der Waals surface area contributed by atoms with Gasteiger partial charge in [-0.2, -0.15) is 9.36 Å². The molecule has 0 aliphatic carbocycles. The molecule has 1 amide bonds. The summed E-state index contributed by atoms with van der Waals surface area (Å²) in [5, 5.41) is 10.8. The molecule has 10 nitrogen and oxygen atoms in total. The zero-order chi connectivity index (χ0) is 20.2. The van der Waals surface area contributed by atoms with Crippen molar-refractivity contribution >= 4 is 16.8 Å². The third-order valence-electron chi connectivity index (χ3n) is 4.33. The Morgan fingerprint density at radius 2 is 1.72 bits per heavy atom. The topological polar surface area (TPSA) is 117 Å². The fraction of sp³-hybridized carbons (Fsp3) is 0.158. The Morgan fingerprint density at radius 3 is 2.55 bits per heavy atom. The van der Waals surface area contributed by atoms with E-state index < -0.39 is 5.69 Å². The van der Waals surface area contributed by atoms with Gasteiger partial charge in [0.1, 0.15) is 6.54 Å². The SMILES string of the molecule is O=C(Cn1cnc2ccccc2c1=O)NCCn1nnn(-c2ccccc2)c1=O. The van der Waals surface area contributed by atoms with Crippen molar-refractivity contribution in [2.75, 3.05) is 6.54 Å². The molecule has 1 N–H and O–H groups in total. The molecule has 0 aliphatic rings. The van der Waals surface area contributed by atoms with Crippen LogP contribution in [-0.2, 0) is 17.9 Å². The maximum Gasteiger partial charge on any atom is 0.368 e. The number of para-hydroxylation sites is 2. The summed E-state index contributed by atoms with van der Waals surface area (Å²) in [6.45, 7) is 0.159. The van der Waals surface area contributed by atoms with E-state index >= 15 is 0 Å². The highest BCUT2D eigenvalue weighted by molar-refractivity contribution is 5.78. The average molecular weight is 391 g/mol. The smallest absolute Gasteiger partial charge is 0.353 e. The number of tetrazole rings is 1. The van der Waals surface area contributed by atoms with Gasteiger partial charge in [-0.3, -0.25) is 14.2 Å². The lowest BCUT2D eigenvalue weighted by atomic mass is 10.2. The van der Waals surface area contributed by atoms with Crippen LogP contribution in [0.15, 0.2) is 70.5 Å². The molecule has 0 atom stereocenters. The Kier molecular flexibility index (Phi) is 4.97. The van der Waals surface area contributed by atoms with Crippen LogP contribution < -0.4 is 16.6 Å². The maximum atomic E-state index is 12.4. The first kappa shape index (κ1) is 18.3. The predicted octanol–water partition coefficient (Wildman–Crippen LogP) is -0.0447. The van der Waals surface area contributed by atoms with Crippen LogP contribution in [-0.4, -0.2) is 41.8 Å². The first-order valence-corrected chi connectivity index (χ1v) is 8.92. The van der Waals surface area contributed by atoms with E-state index in [0.717, 1.165) is 4.68 Å². The molecule has 2 aromatic heterocycles. The van der Waals surface area contributed by atoms with Crippen LogP contribution >= 0.6 is 0 Å². The molecule has 0 unspecified atom stereocenters. The Morgan fingerprint density at radius 1 is 0.966 bits per heavy atom. The molecular weight excluding hydrogens is 374 g/mol. The molecule has 0 radical (unpaired) electrons. The van der Waals surface area contributed by atoms with Crippen LogP contribution in [0, 0.1) is 0 Å². The number of carbonyl (C=O) groups is 1. The van der Waals surface area contributed by atoms with E-state index in [0.29, 0.717) is 16.6 Å². The molecule has 4 rings (SSSR count). The quantitative estimate of drug-likeness (QED) is 0.493. The largest absolute Gasteiger partial charge is 0.368 e. The molecule has 0 aliphatic heterocycles. The van der Waals surface area contributed by atoms with Crippen molar-refractivity contribution in [1.29, 1.82) is 0 Å². The second-order valence-corrected chi connectivity index (χ2v) is 6.28. The second-order valence-electron chi connectivity index (χ2n) is 6.28. The molecule has 0 saturated heterocycles. The van der Waals surface area contributed by atoms with Crippen molar-refractivity contribution in [3.8, 4) is 5.69 Å². The van der Waals surface area contributed by atoms with Crippen molar-refractivity contribution in [1.82, 2.24) is 34.7 Å². The number of nitrogens with zero attached hydrogens (tertiary/aromatic N) is 6. The normalized spacial score (nSPS) is 10.9. The summed E-state index contributed by atoms with van der Waals surface area (Å²) in [5.74, 6) is -0.368. The van der Waals surface area contributed by atoms with E-state index in [4.69, 9.17) is 0 Å². The number of rotatable bonds is 6. The lowest BCUT2D eigenvalue weighted by Crippen LogP contribution is -2.35. The second kappa shape index (κ2) is 7.89. The van der Waals surface area contributed by atoms with Gasteiger partial charge < -0.3 is 5.32 Å². The van der Waals surface area contributed by atoms with Gasteiger partial charge in [-0.1, -0.05) is 30.3 Å². The first-order chi connectivity index (χ1) is 14.1. The van der Waals surface area contributed by atoms with Gasteiger partial charge in [0.25, 0.3) is 5.56 Å². The van der Waals surface area contributed by atoms with Crippen LogP contribution in [0.25, 0.3) is 16.6 Å². The van der Waals surface area contributed by atoms with Gasteiger partial charge in [0.15, 0.2) is 0 Å². The average Bonchev–Trinajstić information content (AvgIpc) is 3.11. The van der Waals surface area contributed by atoms with Crippen LogP contribution in [0.5, 0.6) is 0 Å². The van der Waals surface area contributed by atoms with Crippen molar-refractivity contribution < 1.29 is 4.79 Å². The third-order valence-corrected chi connectivity index (χ3v) is 4.33. The summed E-state index contributed by atoms with van der Waals surface area (Å²) in [6, 6.07) is 15.9. The van der Waals surface area contributed by atoms with Gasteiger partial charge in [0.2, 0.25) is 5.91 Å². The molecule has 0 spiro atoms. The van der Waals surface area contributed by atoms with Crippen LogP contribution in [0.2, 0.25) is 0 Å². The fourth-order valence-corrected chi connectivity index (χ4v) is 2.88.